The molecule has 0 saturated carbocycles. The summed E-state index contributed by atoms with van der Waals surface area (Å²) in [6.45, 7) is -0.162. The number of benzene rings is 3. The fourth-order valence-electron chi connectivity index (χ4n) is 2.47. The molecule has 1 N–H and O–H groups in total. The second kappa shape index (κ2) is 8.49. The first-order valence-electron chi connectivity index (χ1n) is 7.93. The Labute approximate surface area is 159 Å². The standard InChI is InChI=1S/C20H17BrN2O3/c1-25-19-11-16(21)9-10-18(19)26-13-20(24)23-22-12-15-7-4-6-14-5-2-3-8-17(14)15/h2-12H,13H2,1H3,(H,23,24)/b22-12+. The van der Waals surface area contributed by atoms with Gasteiger partial charge in [0.25, 0.3) is 5.91 Å². The predicted octanol–water partition coefficient (Wildman–Crippen LogP) is 4.14. The van der Waals surface area contributed by atoms with Crippen LogP contribution in [0.2, 0.25) is 0 Å². The average Bonchev–Trinajstić information content (AvgIpc) is 2.67. The van der Waals surface area contributed by atoms with E-state index in [1.165, 1.54) is 0 Å². The lowest BCUT2D eigenvalue weighted by atomic mass is 10.1. The van der Waals surface area contributed by atoms with E-state index in [2.05, 4.69) is 26.5 Å². The summed E-state index contributed by atoms with van der Waals surface area (Å²) in [6.07, 6.45) is 1.63. The fourth-order valence-corrected chi connectivity index (χ4v) is 2.81. The molecule has 0 aliphatic carbocycles. The molecule has 3 aromatic rings. The van der Waals surface area contributed by atoms with Crippen LogP contribution < -0.4 is 14.9 Å². The first-order valence-corrected chi connectivity index (χ1v) is 8.72. The van der Waals surface area contributed by atoms with Gasteiger partial charge in [0.2, 0.25) is 0 Å². The Morgan fingerprint density at radius 3 is 2.77 bits per heavy atom. The third-order valence-corrected chi connectivity index (χ3v) is 4.19. The molecule has 0 aliphatic rings. The molecule has 0 spiro atoms. The summed E-state index contributed by atoms with van der Waals surface area (Å²) in [7, 11) is 1.54. The van der Waals surface area contributed by atoms with E-state index < -0.39 is 0 Å². The normalized spacial score (nSPS) is 10.8. The van der Waals surface area contributed by atoms with Crippen molar-refractivity contribution in [1.82, 2.24) is 5.43 Å². The Balaban J connectivity index is 1.60. The maximum atomic E-state index is 11.9. The molecule has 3 aromatic carbocycles. The van der Waals surface area contributed by atoms with Gasteiger partial charge in [-0.25, -0.2) is 5.43 Å². The molecule has 0 atom stereocenters. The van der Waals surface area contributed by atoms with Crippen molar-refractivity contribution < 1.29 is 14.3 Å². The Kier molecular flexibility index (Phi) is 5.86. The van der Waals surface area contributed by atoms with Crippen LogP contribution in [-0.2, 0) is 4.79 Å². The van der Waals surface area contributed by atoms with Crippen molar-refractivity contribution in [2.24, 2.45) is 5.10 Å². The maximum absolute atomic E-state index is 11.9. The average molecular weight is 413 g/mol. The number of hydrazone groups is 1. The zero-order valence-corrected chi connectivity index (χ0v) is 15.7. The lowest BCUT2D eigenvalue weighted by Crippen LogP contribution is -2.24. The molecular formula is C20H17BrN2O3. The highest BCUT2D eigenvalue weighted by Gasteiger charge is 2.07. The number of carbonyl (C=O) groups is 1. The van der Waals surface area contributed by atoms with Gasteiger partial charge in [-0.1, -0.05) is 58.4 Å². The minimum Gasteiger partial charge on any atom is -0.493 e. The van der Waals surface area contributed by atoms with Crippen molar-refractivity contribution in [1.29, 1.82) is 0 Å². The summed E-state index contributed by atoms with van der Waals surface area (Å²) >= 11 is 3.36. The van der Waals surface area contributed by atoms with Gasteiger partial charge in [0.15, 0.2) is 18.1 Å². The molecular weight excluding hydrogens is 396 g/mol. The minimum atomic E-state index is -0.355. The molecule has 0 heterocycles. The van der Waals surface area contributed by atoms with E-state index in [4.69, 9.17) is 9.47 Å². The van der Waals surface area contributed by atoms with Gasteiger partial charge >= 0.3 is 0 Å². The van der Waals surface area contributed by atoms with Crippen LogP contribution in [0.3, 0.4) is 0 Å². The summed E-state index contributed by atoms with van der Waals surface area (Å²) in [4.78, 5) is 11.9. The van der Waals surface area contributed by atoms with E-state index in [1.807, 2.05) is 48.5 Å². The predicted molar refractivity (Wildman–Crippen MR) is 106 cm³/mol. The van der Waals surface area contributed by atoms with Crippen molar-refractivity contribution in [3.8, 4) is 11.5 Å². The number of methoxy groups -OCH3 is 1. The maximum Gasteiger partial charge on any atom is 0.277 e. The first-order chi connectivity index (χ1) is 12.7. The quantitative estimate of drug-likeness (QED) is 0.488. The van der Waals surface area contributed by atoms with Crippen LogP contribution in [-0.4, -0.2) is 25.8 Å². The van der Waals surface area contributed by atoms with Crippen LogP contribution in [0.25, 0.3) is 10.8 Å². The van der Waals surface area contributed by atoms with Gasteiger partial charge in [0.05, 0.1) is 13.3 Å². The van der Waals surface area contributed by atoms with Crippen LogP contribution in [0.15, 0.2) is 70.2 Å². The summed E-state index contributed by atoms with van der Waals surface area (Å²) in [5, 5.41) is 6.21. The summed E-state index contributed by atoms with van der Waals surface area (Å²) in [5.74, 6) is 0.682. The number of nitrogens with zero attached hydrogens (tertiary/aromatic N) is 1. The number of amides is 1. The zero-order chi connectivity index (χ0) is 18.4. The summed E-state index contributed by atoms with van der Waals surface area (Å²) in [6, 6.07) is 19.2. The van der Waals surface area contributed by atoms with E-state index in [0.29, 0.717) is 11.5 Å². The van der Waals surface area contributed by atoms with Gasteiger partial charge in [0, 0.05) is 10.0 Å². The molecule has 0 fully saturated rings. The Morgan fingerprint density at radius 1 is 1.12 bits per heavy atom. The largest absolute Gasteiger partial charge is 0.493 e. The number of halogens is 1. The van der Waals surface area contributed by atoms with Crippen molar-refractivity contribution in [3.63, 3.8) is 0 Å². The van der Waals surface area contributed by atoms with E-state index in [-0.39, 0.29) is 12.5 Å². The molecule has 0 saturated heterocycles. The number of rotatable bonds is 6. The molecule has 0 bridgehead atoms. The van der Waals surface area contributed by atoms with Crippen molar-refractivity contribution in [3.05, 3.63) is 70.7 Å². The van der Waals surface area contributed by atoms with Gasteiger partial charge in [-0.15, -0.1) is 0 Å². The lowest BCUT2D eigenvalue weighted by molar-refractivity contribution is -0.123. The van der Waals surface area contributed by atoms with Crippen LogP contribution in [0.5, 0.6) is 11.5 Å². The second-order valence-electron chi connectivity index (χ2n) is 5.45. The van der Waals surface area contributed by atoms with Crippen LogP contribution >= 0.6 is 15.9 Å². The highest BCUT2D eigenvalue weighted by Crippen LogP contribution is 2.30. The van der Waals surface area contributed by atoms with E-state index in [1.54, 1.807) is 25.5 Å². The molecule has 0 aromatic heterocycles. The third-order valence-electron chi connectivity index (χ3n) is 3.70. The molecule has 6 heteroatoms. The van der Waals surface area contributed by atoms with Crippen LogP contribution in [0, 0.1) is 0 Å². The molecule has 26 heavy (non-hydrogen) atoms. The van der Waals surface area contributed by atoms with Gasteiger partial charge in [0.1, 0.15) is 0 Å². The molecule has 3 rings (SSSR count). The van der Waals surface area contributed by atoms with E-state index >= 15 is 0 Å². The molecule has 0 aliphatic heterocycles. The summed E-state index contributed by atoms with van der Waals surface area (Å²) in [5.41, 5.74) is 3.40. The van der Waals surface area contributed by atoms with Crippen molar-refractivity contribution >= 4 is 38.8 Å². The number of nitrogens with one attached hydrogen (secondary N) is 1. The number of ether oxygens (including phenoxy) is 2. The topological polar surface area (TPSA) is 59.9 Å². The Morgan fingerprint density at radius 2 is 1.92 bits per heavy atom. The van der Waals surface area contributed by atoms with E-state index in [9.17, 15) is 4.79 Å². The number of fused-ring (bicyclic) bond motifs is 1. The summed E-state index contributed by atoms with van der Waals surface area (Å²) < 4.78 is 11.6. The molecule has 1 amide bonds. The molecule has 132 valence electrons. The van der Waals surface area contributed by atoms with Crippen molar-refractivity contribution in [2.45, 2.75) is 0 Å². The minimum absolute atomic E-state index is 0.162. The number of carbonyl (C=O) groups excluding carboxylic acids is 1. The molecule has 5 nitrogen and oxygen atoms in total. The third kappa shape index (κ3) is 4.40. The fraction of sp³-hybridized carbons (Fsp3) is 0.100. The monoisotopic (exact) mass is 412 g/mol. The van der Waals surface area contributed by atoms with Gasteiger partial charge in [-0.05, 0) is 29.0 Å². The number of hydrogen-bond acceptors (Lipinski definition) is 4. The SMILES string of the molecule is COc1cc(Br)ccc1OCC(=O)N/N=C/c1cccc2ccccc12. The Bertz CT molecular complexity index is 951. The molecule has 0 radical (unpaired) electrons. The highest BCUT2D eigenvalue weighted by atomic mass is 79.9. The smallest absolute Gasteiger partial charge is 0.277 e. The van der Waals surface area contributed by atoms with Gasteiger partial charge in [-0.3, -0.25) is 4.79 Å². The number of hydrogen-bond donors (Lipinski definition) is 1. The lowest BCUT2D eigenvalue weighted by Gasteiger charge is -2.10. The second-order valence-corrected chi connectivity index (χ2v) is 6.36. The zero-order valence-electron chi connectivity index (χ0n) is 14.1. The van der Waals surface area contributed by atoms with Gasteiger partial charge in [-0.2, -0.15) is 5.10 Å². The highest BCUT2D eigenvalue weighted by molar-refractivity contribution is 9.10. The van der Waals surface area contributed by atoms with Crippen LogP contribution in [0.4, 0.5) is 0 Å². The van der Waals surface area contributed by atoms with Crippen molar-refractivity contribution in [2.75, 3.05) is 13.7 Å². The van der Waals surface area contributed by atoms with Crippen LogP contribution in [0.1, 0.15) is 5.56 Å². The van der Waals surface area contributed by atoms with E-state index in [0.717, 1.165) is 20.8 Å². The first kappa shape index (κ1) is 17.9. The molecule has 0 unspecified atom stereocenters. The Hall–Kier alpha value is -2.86. The van der Waals surface area contributed by atoms with Gasteiger partial charge < -0.3 is 9.47 Å².